The maximum absolute atomic E-state index is 11.7. The van der Waals surface area contributed by atoms with Gasteiger partial charge in [-0.15, -0.1) is 0 Å². The smallest absolute Gasteiger partial charge is 0.312 e. The third kappa shape index (κ3) is 1.18. The van der Waals surface area contributed by atoms with Crippen LogP contribution in [0.1, 0.15) is 32.1 Å². The van der Waals surface area contributed by atoms with Crippen molar-refractivity contribution in [3.8, 4) is 0 Å². The SMILES string of the molecule is COC(=O)C12CCC(CC1)CC2C=O. The highest BCUT2D eigenvalue weighted by Crippen LogP contribution is 2.53. The second-order valence-electron chi connectivity index (χ2n) is 4.57. The van der Waals surface area contributed by atoms with E-state index in [1.807, 2.05) is 0 Å². The summed E-state index contributed by atoms with van der Waals surface area (Å²) in [5, 5.41) is 0. The summed E-state index contributed by atoms with van der Waals surface area (Å²) in [4.78, 5) is 22.7. The highest BCUT2D eigenvalue weighted by molar-refractivity contribution is 5.81. The van der Waals surface area contributed by atoms with Crippen molar-refractivity contribution in [3.63, 3.8) is 0 Å². The molecule has 3 fully saturated rings. The van der Waals surface area contributed by atoms with Crippen LogP contribution in [0.25, 0.3) is 0 Å². The number of carbonyl (C=O) groups excluding carboxylic acids is 2. The fourth-order valence-corrected chi connectivity index (χ4v) is 3.13. The summed E-state index contributed by atoms with van der Waals surface area (Å²) in [5.74, 6) is 0.395. The first-order valence-electron chi connectivity index (χ1n) is 5.26. The maximum Gasteiger partial charge on any atom is 0.312 e. The van der Waals surface area contributed by atoms with Gasteiger partial charge in [-0.2, -0.15) is 0 Å². The zero-order chi connectivity index (χ0) is 10.2. The van der Waals surface area contributed by atoms with Crippen LogP contribution in [0.15, 0.2) is 0 Å². The predicted octanol–water partition coefficient (Wildman–Crippen LogP) is 1.55. The Morgan fingerprint density at radius 2 is 2.07 bits per heavy atom. The average molecular weight is 196 g/mol. The molecule has 0 spiro atoms. The lowest BCUT2D eigenvalue weighted by Crippen LogP contribution is -2.48. The molecule has 1 unspecified atom stereocenters. The van der Waals surface area contributed by atoms with Crippen molar-refractivity contribution in [2.75, 3.05) is 7.11 Å². The van der Waals surface area contributed by atoms with Crippen LogP contribution in [0.5, 0.6) is 0 Å². The highest BCUT2D eigenvalue weighted by atomic mass is 16.5. The van der Waals surface area contributed by atoms with Gasteiger partial charge in [-0.05, 0) is 38.0 Å². The monoisotopic (exact) mass is 196 g/mol. The van der Waals surface area contributed by atoms with Gasteiger partial charge in [0.05, 0.1) is 12.5 Å². The number of methoxy groups -OCH3 is 1. The number of ether oxygens (including phenoxy) is 1. The van der Waals surface area contributed by atoms with Crippen molar-refractivity contribution in [3.05, 3.63) is 0 Å². The molecule has 3 aliphatic carbocycles. The minimum Gasteiger partial charge on any atom is -0.469 e. The molecule has 14 heavy (non-hydrogen) atoms. The zero-order valence-electron chi connectivity index (χ0n) is 8.49. The molecule has 3 rings (SSSR count). The molecule has 1 atom stereocenters. The first-order chi connectivity index (χ1) is 6.73. The van der Waals surface area contributed by atoms with Crippen molar-refractivity contribution in [2.45, 2.75) is 32.1 Å². The summed E-state index contributed by atoms with van der Waals surface area (Å²) in [5.41, 5.74) is -0.467. The van der Waals surface area contributed by atoms with Crippen LogP contribution in [0.2, 0.25) is 0 Å². The van der Waals surface area contributed by atoms with Crippen LogP contribution >= 0.6 is 0 Å². The van der Waals surface area contributed by atoms with Crippen molar-refractivity contribution >= 4 is 12.3 Å². The predicted molar refractivity (Wildman–Crippen MR) is 50.6 cm³/mol. The normalized spacial score (nSPS) is 40.6. The third-order valence-corrected chi connectivity index (χ3v) is 4.05. The first kappa shape index (κ1) is 9.69. The van der Waals surface area contributed by atoms with Gasteiger partial charge in [0.1, 0.15) is 6.29 Å². The van der Waals surface area contributed by atoms with E-state index in [0.29, 0.717) is 5.92 Å². The van der Waals surface area contributed by atoms with E-state index in [2.05, 4.69) is 0 Å². The summed E-state index contributed by atoms with van der Waals surface area (Å²) >= 11 is 0. The van der Waals surface area contributed by atoms with Crippen molar-refractivity contribution in [2.24, 2.45) is 17.3 Å². The molecule has 3 heteroatoms. The largest absolute Gasteiger partial charge is 0.469 e. The molecule has 3 saturated carbocycles. The Balaban J connectivity index is 2.27. The Morgan fingerprint density at radius 1 is 1.43 bits per heavy atom. The molecular formula is C11H16O3. The molecule has 0 aromatic carbocycles. The van der Waals surface area contributed by atoms with E-state index in [9.17, 15) is 9.59 Å². The molecule has 2 bridgehead atoms. The lowest BCUT2D eigenvalue weighted by molar-refractivity contribution is -0.166. The van der Waals surface area contributed by atoms with Crippen LogP contribution in [0.3, 0.4) is 0 Å². The van der Waals surface area contributed by atoms with Crippen molar-refractivity contribution in [1.29, 1.82) is 0 Å². The second-order valence-corrected chi connectivity index (χ2v) is 4.57. The molecule has 0 aromatic rings. The summed E-state index contributed by atoms with van der Waals surface area (Å²) in [6, 6.07) is 0. The maximum atomic E-state index is 11.7. The minimum absolute atomic E-state index is 0.0950. The summed E-state index contributed by atoms with van der Waals surface area (Å²) < 4.78 is 4.84. The number of hydrogen-bond acceptors (Lipinski definition) is 3. The van der Waals surface area contributed by atoms with Crippen LogP contribution in [0, 0.1) is 17.3 Å². The van der Waals surface area contributed by atoms with Crippen molar-refractivity contribution in [1.82, 2.24) is 0 Å². The van der Waals surface area contributed by atoms with E-state index in [4.69, 9.17) is 4.74 Å². The molecule has 0 heterocycles. The molecule has 0 aromatic heterocycles. The number of carbonyl (C=O) groups is 2. The van der Waals surface area contributed by atoms with E-state index in [0.717, 1.165) is 38.4 Å². The molecule has 0 N–H and O–H groups in total. The van der Waals surface area contributed by atoms with Crippen molar-refractivity contribution < 1.29 is 14.3 Å². The Hall–Kier alpha value is -0.860. The van der Waals surface area contributed by atoms with Gasteiger partial charge in [-0.3, -0.25) is 4.79 Å². The zero-order valence-corrected chi connectivity index (χ0v) is 8.49. The van der Waals surface area contributed by atoms with E-state index in [-0.39, 0.29) is 11.9 Å². The van der Waals surface area contributed by atoms with E-state index in [1.165, 1.54) is 7.11 Å². The minimum atomic E-state index is -0.467. The summed E-state index contributed by atoms with van der Waals surface area (Å²) in [6.07, 6.45) is 5.70. The Kier molecular flexibility index (Phi) is 2.33. The quantitative estimate of drug-likeness (QED) is 0.497. The van der Waals surface area contributed by atoms with Gasteiger partial charge in [0.25, 0.3) is 0 Å². The van der Waals surface area contributed by atoms with E-state index < -0.39 is 5.41 Å². The molecule has 78 valence electrons. The molecule has 3 nitrogen and oxygen atoms in total. The van der Waals surface area contributed by atoms with Crippen LogP contribution in [-0.4, -0.2) is 19.4 Å². The Morgan fingerprint density at radius 3 is 2.57 bits per heavy atom. The molecule has 0 aliphatic heterocycles. The number of esters is 1. The van der Waals surface area contributed by atoms with E-state index in [1.54, 1.807) is 0 Å². The highest BCUT2D eigenvalue weighted by Gasteiger charge is 2.53. The summed E-state index contributed by atoms with van der Waals surface area (Å²) in [7, 11) is 1.42. The van der Waals surface area contributed by atoms with Gasteiger partial charge in [-0.1, -0.05) is 0 Å². The third-order valence-electron chi connectivity index (χ3n) is 4.05. The molecule has 3 aliphatic rings. The number of rotatable bonds is 2. The molecule has 0 amide bonds. The van der Waals surface area contributed by atoms with Gasteiger partial charge in [0, 0.05) is 5.92 Å². The van der Waals surface area contributed by atoms with Gasteiger partial charge in [0.2, 0.25) is 0 Å². The first-order valence-corrected chi connectivity index (χ1v) is 5.26. The fraction of sp³-hybridized carbons (Fsp3) is 0.818. The number of aldehydes is 1. The molecular weight excluding hydrogens is 180 g/mol. The van der Waals surface area contributed by atoms with Gasteiger partial charge in [-0.25, -0.2) is 0 Å². The Labute approximate surface area is 83.8 Å². The van der Waals surface area contributed by atoms with Crippen LogP contribution < -0.4 is 0 Å². The van der Waals surface area contributed by atoms with Gasteiger partial charge >= 0.3 is 5.97 Å². The molecule has 0 radical (unpaired) electrons. The average Bonchev–Trinajstić information content (AvgIpc) is 2.29. The number of fused-ring (bicyclic) bond motifs is 3. The van der Waals surface area contributed by atoms with Gasteiger partial charge < -0.3 is 9.53 Å². The fourth-order valence-electron chi connectivity index (χ4n) is 3.13. The summed E-state index contributed by atoms with van der Waals surface area (Å²) in [6.45, 7) is 0. The lowest BCUT2D eigenvalue weighted by atomic mass is 9.55. The van der Waals surface area contributed by atoms with E-state index >= 15 is 0 Å². The topological polar surface area (TPSA) is 43.4 Å². The number of hydrogen-bond donors (Lipinski definition) is 0. The van der Waals surface area contributed by atoms with Crippen LogP contribution in [0.4, 0.5) is 0 Å². The standard InChI is InChI=1S/C11H16O3/c1-14-10(13)11-4-2-8(3-5-11)6-9(11)7-12/h7-9H,2-6H2,1H3. The van der Waals surface area contributed by atoms with Gasteiger partial charge in [0.15, 0.2) is 0 Å². The van der Waals surface area contributed by atoms with Crippen LogP contribution in [-0.2, 0) is 14.3 Å². The lowest BCUT2D eigenvalue weighted by Gasteiger charge is -2.47. The molecule has 0 saturated heterocycles. The second kappa shape index (κ2) is 3.37. The Bertz CT molecular complexity index is 251.